The second-order valence-electron chi connectivity index (χ2n) is 3.58. The summed E-state index contributed by atoms with van der Waals surface area (Å²) in [6.07, 6.45) is 0.428. The first kappa shape index (κ1) is 16.2. The van der Waals surface area contributed by atoms with Crippen LogP contribution in [0.25, 0.3) is 0 Å². The Morgan fingerprint density at radius 2 is 2.20 bits per heavy atom. The molecule has 0 fully saturated rings. The number of nitrogens with zero attached hydrogens (tertiary/aromatic N) is 1. The lowest BCUT2D eigenvalue weighted by Gasteiger charge is -2.11. The normalized spacial score (nSPS) is 10.9. The molecule has 1 rings (SSSR count). The number of terminal acetylenes is 1. The molecule has 0 aromatic carbocycles. The molecular weight excluding hydrogens is 293 g/mol. The predicted molar refractivity (Wildman–Crippen MR) is 70.8 cm³/mol. The van der Waals surface area contributed by atoms with Crippen molar-refractivity contribution < 1.29 is 23.1 Å². The summed E-state index contributed by atoms with van der Waals surface area (Å²) in [5.41, 5.74) is -1.44. The van der Waals surface area contributed by atoms with Gasteiger partial charge in [0.25, 0.3) is 0 Å². The summed E-state index contributed by atoms with van der Waals surface area (Å²) in [7, 11) is 0. The number of rotatable bonds is 6. The van der Waals surface area contributed by atoms with Gasteiger partial charge in [-0.1, -0.05) is 5.92 Å². The molecule has 0 atom stereocenters. The quantitative estimate of drug-likeness (QED) is 0.625. The number of aromatic nitrogens is 1. The van der Waals surface area contributed by atoms with Crippen LogP contribution in [0.15, 0.2) is 12.1 Å². The molecule has 1 aromatic rings. The SMILES string of the molecule is C#CCSCCNc1nc(C(F)(F)F)ccc1C(=O)O. The maximum Gasteiger partial charge on any atom is 0.433 e. The molecule has 1 aromatic heterocycles. The van der Waals surface area contributed by atoms with Gasteiger partial charge in [0.05, 0.1) is 5.75 Å². The molecular formula is C12H11F3N2O2S. The molecule has 0 aliphatic carbocycles. The van der Waals surface area contributed by atoms with Crippen molar-refractivity contribution in [3.05, 3.63) is 23.4 Å². The molecule has 20 heavy (non-hydrogen) atoms. The van der Waals surface area contributed by atoms with Gasteiger partial charge >= 0.3 is 12.1 Å². The molecule has 108 valence electrons. The van der Waals surface area contributed by atoms with Gasteiger partial charge in [-0.15, -0.1) is 18.2 Å². The van der Waals surface area contributed by atoms with Crippen LogP contribution in [-0.2, 0) is 6.18 Å². The molecule has 0 saturated heterocycles. The van der Waals surface area contributed by atoms with Crippen LogP contribution in [0, 0.1) is 12.3 Å². The summed E-state index contributed by atoms with van der Waals surface area (Å²) < 4.78 is 37.6. The summed E-state index contributed by atoms with van der Waals surface area (Å²) in [4.78, 5) is 14.2. The number of anilines is 1. The molecule has 4 nitrogen and oxygen atoms in total. The van der Waals surface area contributed by atoms with E-state index in [1.54, 1.807) is 0 Å². The number of halogens is 3. The number of hydrogen-bond acceptors (Lipinski definition) is 4. The number of carboxylic acid groups (broad SMARTS) is 1. The smallest absolute Gasteiger partial charge is 0.433 e. The Morgan fingerprint density at radius 1 is 1.50 bits per heavy atom. The molecule has 0 spiro atoms. The Morgan fingerprint density at radius 3 is 2.75 bits per heavy atom. The largest absolute Gasteiger partial charge is 0.478 e. The van der Waals surface area contributed by atoms with E-state index in [1.165, 1.54) is 11.8 Å². The molecule has 8 heteroatoms. The van der Waals surface area contributed by atoms with Crippen LogP contribution >= 0.6 is 11.8 Å². The lowest BCUT2D eigenvalue weighted by atomic mass is 10.2. The third kappa shape index (κ3) is 4.66. The highest BCUT2D eigenvalue weighted by atomic mass is 32.2. The van der Waals surface area contributed by atoms with E-state index in [1.807, 2.05) is 0 Å². The molecule has 0 radical (unpaired) electrons. The first-order valence-electron chi connectivity index (χ1n) is 5.43. The number of hydrogen-bond donors (Lipinski definition) is 2. The number of pyridine rings is 1. The fourth-order valence-electron chi connectivity index (χ4n) is 1.30. The van der Waals surface area contributed by atoms with Gasteiger partial charge in [0, 0.05) is 12.3 Å². The van der Waals surface area contributed by atoms with Crippen LogP contribution < -0.4 is 5.32 Å². The van der Waals surface area contributed by atoms with Crippen molar-refractivity contribution >= 4 is 23.5 Å². The van der Waals surface area contributed by atoms with Gasteiger partial charge < -0.3 is 10.4 Å². The number of alkyl halides is 3. The summed E-state index contributed by atoms with van der Waals surface area (Å²) in [6.45, 7) is 0.265. The number of thioether (sulfide) groups is 1. The molecule has 0 saturated carbocycles. The van der Waals surface area contributed by atoms with Crippen LogP contribution in [0.3, 0.4) is 0 Å². The highest BCUT2D eigenvalue weighted by Crippen LogP contribution is 2.29. The van der Waals surface area contributed by atoms with E-state index < -0.39 is 17.8 Å². The molecule has 0 unspecified atom stereocenters. The Balaban J connectivity index is 2.85. The maximum absolute atomic E-state index is 12.5. The van der Waals surface area contributed by atoms with E-state index in [0.29, 0.717) is 17.6 Å². The second-order valence-corrected chi connectivity index (χ2v) is 4.68. The van der Waals surface area contributed by atoms with Gasteiger partial charge in [0.15, 0.2) is 0 Å². The van der Waals surface area contributed by atoms with Crippen molar-refractivity contribution in [2.75, 3.05) is 23.4 Å². The van der Waals surface area contributed by atoms with E-state index >= 15 is 0 Å². The maximum atomic E-state index is 12.5. The minimum Gasteiger partial charge on any atom is -0.478 e. The zero-order valence-electron chi connectivity index (χ0n) is 10.2. The number of nitrogens with one attached hydrogen (secondary N) is 1. The zero-order valence-corrected chi connectivity index (χ0v) is 11.0. The fraction of sp³-hybridized carbons (Fsp3) is 0.333. The Bertz CT molecular complexity index is 526. The molecule has 1 heterocycles. The zero-order chi connectivity index (χ0) is 15.2. The number of carboxylic acids is 1. The lowest BCUT2D eigenvalue weighted by molar-refractivity contribution is -0.141. The minimum absolute atomic E-state index is 0.265. The van der Waals surface area contributed by atoms with Crippen molar-refractivity contribution in [2.24, 2.45) is 0 Å². The van der Waals surface area contributed by atoms with Crippen LogP contribution in [0.2, 0.25) is 0 Å². The van der Waals surface area contributed by atoms with E-state index in [0.717, 1.165) is 6.07 Å². The van der Waals surface area contributed by atoms with Gasteiger partial charge in [-0.25, -0.2) is 9.78 Å². The molecule has 0 amide bonds. The first-order valence-corrected chi connectivity index (χ1v) is 6.58. The molecule has 0 aliphatic rings. The fourth-order valence-corrected chi connectivity index (χ4v) is 1.81. The minimum atomic E-state index is -4.62. The average molecular weight is 304 g/mol. The molecule has 0 aliphatic heterocycles. The van der Waals surface area contributed by atoms with Gasteiger partial charge in [-0.2, -0.15) is 13.2 Å². The third-order valence-corrected chi connectivity index (χ3v) is 3.00. The third-order valence-electron chi connectivity index (χ3n) is 2.14. The summed E-state index contributed by atoms with van der Waals surface area (Å²) in [5.74, 6) is 1.77. The van der Waals surface area contributed by atoms with Gasteiger partial charge in [-0.3, -0.25) is 0 Å². The van der Waals surface area contributed by atoms with Crippen molar-refractivity contribution in [3.8, 4) is 12.3 Å². The van der Waals surface area contributed by atoms with Crippen molar-refractivity contribution in [1.82, 2.24) is 4.98 Å². The molecule has 2 N–H and O–H groups in total. The van der Waals surface area contributed by atoms with Crippen LogP contribution in [0.5, 0.6) is 0 Å². The van der Waals surface area contributed by atoms with Crippen molar-refractivity contribution in [2.45, 2.75) is 6.18 Å². The van der Waals surface area contributed by atoms with Crippen LogP contribution in [0.4, 0.5) is 19.0 Å². The summed E-state index contributed by atoms with van der Waals surface area (Å²) >= 11 is 1.40. The molecule has 0 bridgehead atoms. The van der Waals surface area contributed by atoms with Crippen LogP contribution in [0.1, 0.15) is 16.1 Å². The average Bonchev–Trinajstić information content (AvgIpc) is 2.37. The van der Waals surface area contributed by atoms with Crippen LogP contribution in [-0.4, -0.2) is 34.1 Å². The summed E-state index contributed by atoms with van der Waals surface area (Å²) in [6, 6.07) is 1.52. The first-order chi connectivity index (χ1) is 9.36. The number of aromatic carboxylic acids is 1. The highest BCUT2D eigenvalue weighted by Gasteiger charge is 2.33. The topological polar surface area (TPSA) is 62.2 Å². The monoisotopic (exact) mass is 304 g/mol. The van der Waals surface area contributed by atoms with E-state index in [4.69, 9.17) is 11.5 Å². The Labute approximate surface area is 117 Å². The second kappa shape index (κ2) is 7.05. The van der Waals surface area contributed by atoms with E-state index in [9.17, 15) is 18.0 Å². The predicted octanol–water partition coefficient (Wildman–Crippen LogP) is 2.58. The van der Waals surface area contributed by atoms with E-state index in [2.05, 4.69) is 16.2 Å². The standard InChI is InChI=1S/C12H11F3N2O2S/c1-2-6-20-7-5-16-10-8(11(18)19)3-4-9(17-10)12(13,14)15/h1,3-4H,5-7H2,(H,16,17)(H,18,19). The van der Waals surface area contributed by atoms with E-state index in [-0.39, 0.29) is 17.9 Å². The van der Waals surface area contributed by atoms with Gasteiger partial charge in [0.2, 0.25) is 0 Å². The highest BCUT2D eigenvalue weighted by molar-refractivity contribution is 7.99. The Kier molecular flexibility index (Phi) is 5.70. The van der Waals surface area contributed by atoms with Gasteiger partial charge in [-0.05, 0) is 12.1 Å². The number of carbonyl (C=O) groups is 1. The lowest BCUT2D eigenvalue weighted by Crippen LogP contribution is -2.15. The van der Waals surface area contributed by atoms with Crippen molar-refractivity contribution in [1.29, 1.82) is 0 Å². The summed E-state index contributed by atoms with van der Waals surface area (Å²) in [5, 5.41) is 11.5. The van der Waals surface area contributed by atoms with Gasteiger partial charge in [0.1, 0.15) is 17.1 Å². The van der Waals surface area contributed by atoms with Crippen molar-refractivity contribution in [3.63, 3.8) is 0 Å². The Hall–Kier alpha value is -1.88.